The molecule has 2 heterocycles. The van der Waals surface area contributed by atoms with Gasteiger partial charge in [-0.3, -0.25) is 4.68 Å². The Morgan fingerprint density at radius 3 is 2.71 bits per heavy atom. The van der Waals surface area contributed by atoms with Crippen molar-refractivity contribution in [3.63, 3.8) is 0 Å². The molecule has 0 spiro atoms. The van der Waals surface area contributed by atoms with Crippen molar-refractivity contribution in [1.29, 1.82) is 0 Å². The van der Waals surface area contributed by atoms with Crippen LogP contribution in [0.2, 0.25) is 0 Å². The molecule has 0 amide bonds. The second kappa shape index (κ2) is 4.59. The molecule has 0 aromatic carbocycles. The van der Waals surface area contributed by atoms with Crippen LogP contribution in [0.1, 0.15) is 39.3 Å². The van der Waals surface area contributed by atoms with Crippen molar-refractivity contribution < 1.29 is 0 Å². The van der Waals surface area contributed by atoms with Gasteiger partial charge in [0, 0.05) is 19.6 Å². The van der Waals surface area contributed by atoms with Gasteiger partial charge >= 0.3 is 0 Å². The first kappa shape index (κ1) is 12.3. The van der Waals surface area contributed by atoms with Gasteiger partial charge in [-0.15, -0.1) is 0 Å². The monoisotopic (exact) mass is 236 g/mol. The first-order chi connectivity index (χ1) is 8.06. The van der Waals surface area contributed by atoms with Crippen LogP contribution in [0.3, 0.4) is 0 Å². The van der Waals surface area contributed by atoms with E-state index in [1.807, 2.05) is 11.7 Å². The van der Waals surface area contributed by atoms with Gasteiger partial charge in [-0.05, 0) is 25.2 Å². The first-order valence-electron chi connectivity index (χ1n) is 6.64. The lowest BCUT2D eigenvalue weighted by Crippen LogP contribution is -2.35. The molecule has 2 N–H and O–H groups in total. The third-order valence-electron chi connectivity index (χ3n) is 3.80. The SMILES string of the molecule is CCc1nn(C)c(N2CCCC2C(C)C)c1N. The molecule has 96 valence electrons. The Morgan fingerprint density at radius 1 is 1.47 bits per heavy atom. The van der Waals surface area contributed by atoms with Gasteiger partial charge in [-0.25, -0.2) is 0 Å². The van der Waals surface area contributed by atoms with Crippen LogP contribution in [-0.2, 0) is 13.5 Å². The predicted molar refractivity (Wildman–Crippen MR) is 72.2 cm³/mol. The van der Waals surface area contributed by atoms with Crippen LogP contribution in [0.4, 0.5) is 11.5 Å². The summed E-state index contributed by atoms with van der Waals surface area (Å²) in [4.78, 5) is 2.45. The summed E-state index contributed by atoms with van der Waals surface area (Å²) >= 11 is 0. The van der Waals surface area contributed by atoms with Crippen molar-refractivity contribution >= 4 is 11.5 Å². The van der Waals surface area contributed by atoms with Gasteiger partial charge in [0.05, 0.1) is 11.4 Å². The third kappa shape index (κ3) is 2.01. The molecule has 4 heteroatoms. The van der Waals surface area contributed by atoms with Gasteiger partial charge in [-0.1, -0.05) is 20.8 Å². The maximum absolute atomic E-state index is 6.23. The number of hydrogen-bond acceptors (Lipinski definition) is 3. The fourth-order valence-corrected chi connectivity index (χ4v) is 2.94. The van der Waals surface area contributed by atoms with Gasteiger partial charge in [0.1, 0.15) is 0 Å². The zero-order chi connectivity index (χ0) is 12.6. The molecule has 1 aromatic heterocycles. The first-order valence-corrected chi connectivity index (χ1v) is 6.64. The molecular weight excluding hydrogens is 212 g/mol. The summed E-state index contributed by atoms with van der Waals surface area (Å²) in [5, 5.41) is 4.52. The third-order valence-corrected chi connectivity index (χ3v) is 3.80. The molecule has 1 atom stereocenters. The highest BCUT2D eigenvalue weighted by Crippen LogP contribution is 2.34. The Bertz CT molecular complexity index is 394. The number of anilines is 2. The molecule has 1 fully saturated rings. The lowest BCUT2D eigenvalue weighted by Gasteiger charge is -2.29. The number of hydrogen-bond donors (Lipinski definition) is 1. The van der Waals surface area contributed by atoms with E-state index in [9.17, 15) is 0 Å². The standard InChI is InChI=1S/C13H24N4/c1-5-10-12(14)13(16(4)15-10)17-8-6-7-11(17)9(2)3/h9,11H,5-8,14H2,1-4H3. The van der Waals surface area contributed by atoms with Crippen LogP contribution < -0.4 is 10.6 Å². The number of nitrogens with two attached hydrogens (primary N) is 1. The molecule has 1 saturated heterocycles. The number of nitrogen functional groups attached to an aromatic ring is 1. The van der Waals surface area contributed by atoms with Crippen LogP contribution >= 0.6 is 0 Å². The molecule has 1 aliphatic rings. The summed E-state index contributed by atoms with van der Waals surface area (Å²) in [5.41, 5.74) is 8.13. The van der Waals surface area contributed by atoms with E-state index in [4.69, 9.17) is 5.73 Å². The summed E-state index contributed by atoms with van der Waals surface area (Å²) in [6.07, 6.45) is 3.43. The minimum absolute atomic E-state index is 0.609. The second-order valence-corrected chi connectivity index (χ2v) is 5.31. The van der Waals surface area contributed by atoms with E-state index in [1.54, 1.807) is 0 Å². The summed E-state index contributed by atoms with van der Waals surface area (Å²) in [7, 11) is 2.00. The van der Waals surface area contributed by atoms with Crippen molar-refractivity contribution in [2.45, 2.75) is 46.1 Å². The van der Waals surface area contributed by atoms with Gasteiger partial charge < -0.3 is 10.6 Å². The Morgan fingerprint density at radius 2 is 2.18 bits per heavy atom. The summed E-state index contributed by atoms with van der Waals surface area (Å²) in [6, 6.07) is 0.609. The fourth-order valence-electron chi connectivity index (χ4n) is 2.94. The van der Waals surface area contributed by atoms with E-state index in [1.165, 1.54) is 12.8 Å². The molecule has 1 aromatic rings. The van der Waals surface area contributed by atoms with E-state index in [-0.39, 0.29) is 0 Å². The molecule has 0 saturated carbocycles. The highest BCUT2D eigenvalue weighted by Gasteiger charge is 2.31. The number of rotatable bonds is 3. The van der Waals surface area contributed by atoms with Crippen LogP contribution in [-0.4, -0.2) is 22.4 Å². The Labute approximate surface area is 104 Å². The molecule has 0 bridgehead atoms. The van der Waals surface area contributed by atoms with E-state index in [0.29, 0.717) is 12.0 Å². The van der Waals surface area contributed by atoms with Crippen molar-refractivity contribution in [3.8, 4) is 0 Å². The smallest absolute Gasteiger partial charge is 0.150 e. The molecule has 0 aliphatic carbocycles. The highest BCUT2D eigenvalue weighted by molar-refractivity contribution is 5.67. The van der Waals surface area contributed by atoms with Gasteiger partial charge in [0.15, 0.2) is 5.82 Å². The van der Waals surface area contributed by atoms with E-state index >= 15 is 0 Å². The zero-order valence-electron chi connectivity index (χ0n) is 11.4. The summed E-state index contributed by atoms with van der Waals surface area (Å²) < 4.78 is 1.95. The molecular formula is C13H24N4. The lowest BCUT2D eigenvalue weighted by atomic mass is 10.0. The van der Waals surface area contributed by atoms with Crippen molar-refractivity contribution in [1.82, 2.24) is 9.78 Å². The normalized spacial score (nSPS) is 20.5. The Balaban J connectivity index is 2.36. The average Bonchev–Trinajstić information content (AvgIpc) is 2.83. The maximum Gasteiger partial charge on any atom is 0.150 e. The molecule has 0 radical (unpaired) electrons. The van der Waals surface area contributed by atoms with Crippen molar-refractivity contribution in [2.24, 2.45) is 13.0 Å². The Kier molecular flexibility index (Phi) is 3.31. The summed E-state index contributed by atoms with van der Waals surface area (Å²) in [6.45, 7) is 7.79. The van der Waals surface area contributed by atoms with Gasteiger partial charge in [-0.2, -0.15) is 5.10 Å². The second-order valence-electron chi connectivity index (χ2n) is 5.31. The molecule has 4 nitrogen and oxygen atoms in total. The van der Waals surface area contributed by atoms with Gasteiger partial charge in [0.2, 0.25) is 0 Å². The van der Waals surface area contributed by atoms with Crippen molar-refractivity contribution in [2.75, 3.05) is 17.2 Å². The Hall–Kier alpha value is -1.19. The minimum atomic E-state index is 0.609. The highest BCUT2D eigenvalue weighted by atomic mass is 15.4. The predicted octanol–water partition coefficient (Wildman–Crippen LogP) is 2.19. The molecule has 1 aliphatic heterocycles. The largest absolute Gasteiger partial charge is 0.394 e. The number of aryl methyl sites for hydroxylation is 2. The number of nitrogens with zero attached hydrogens (tertiary/aromatic N) is 3. The maximum atomic E-state index is 6.23. The van der Waals surface area contributed by atoms with Crippen molar-refractivity contribution in [3.05, 3.63) is 5.69 Å². The molecule has 2 rings (SSSR count). The van der Waals surface area contributed by atoms with Crippen LogP contribution in [0, 0.1) is 5.92 Å². The van der Waals surface area contributed by atoms with Gasteiger partial charge in [0.25, 0.3) is 0 Å². The number of aromatic nitrogens is 2. The minimum Gasteiger partial charge on any atom is -0.394 e. The molecule has 1 unspecified atom stereocenters. The average molecular weight is 236 g/mol. The topological polar surface area (TPSA) is 47.1 Å². The van der Waals surface area contributed by atoms with Crippen LogP contribution in [0.15, 0.2) is 0 Å². The fraction of sp³-hybridized carbons (Fsp3) is 0.769. The zero-order valence-corrected chi connectivity index (χ0v) is 11.4. The quantitative estimate of drug-likeness (QED) is 0.875. The van der Waals surface area contributed by atoms with E-state index in [0.717, 1.165) is 30.2 Å². The summed E-state index contributed by atoms with van der Waals surface area (Å²) in [5.74, 6) is 1.79. The van der Waals surface area contributed by atoms with Crippen LogP contribution in [0.25, 0.3) is 0 Å². The van der Waals surface area contributed by atoms with E-state index in [2.05, 4.69) is 30.8 Å². The van der Waals surface area contributed by atoms with E-state index < -0.39 is 0 Å². The lowest BCUT2D eigenvalue weighted by molar-refractivity contribution is 0.485. The molecule has 17 heavy (non-hydrogen) atoms. The van der Waals surface area contributed by atoms with Crippen LogP contribution in [0.5, 0.6) is 0 Å².